The number of rotatable bonds is 9. The quantitative estimate of drug-likeness (QED) is 0.334. The van der Waals surface area contributed by atoms with Crippen molar-refractivity contribution in [1.82, 2.24) is 0 Å². The highest BCUT2D eigenvalue weighted by molar-refractivity contribution is 6.67. The zero-order valence-electron chi connectivity index (χ0n) is 9.84. The molecule has 0 aromatic rings. The van der Waals surface area contributed by atoms with Crippen LogP contribution in [-0.2, 0) is 8.85 Å². The third-order valence-corrected chi connectivity index (χ3v) is 6.12. The van der Waals surface area contributed by atoms with Crippen LogP contribution in [0.1, 0.15) is 32.6 Å². The lowest BCUT2D eigenvalue weighted by atomic mass is 10.2. The van der Waals surface area contributed by atoms with E-state index in [1.54, 1.807) is 14.2 Å². The summed E-state index contributed by atoms with van der Waals surface area (Å²) in [6, 6.07) is 1.98. The maximum atomic E-state index is 5.55. The molecule has 0 bridgehead atoms. The Morgan fingerprint density at radius 3 is 2.21 bits per heavy atom. The second-order valence-electron chi connectivity index (χ2n) is 3.62. The third-order valence-electron chi connectivity index (χ3n) is 2.61. The van der Waals surface area contributed by atoms with E-state index >= 15 is 0 Å². The summed E-state index contributed by atoms with van der Waals surface area (Å²) in [7, 11) is 1.61. The van der Waals surface area contributed by atoms with Crippen molar-refractivity contribution < 1.29 is 8.85 Å². The molecular weight excluding hydrogens is 192 g/mol. The Morgan fingerprint density at radius 1 is 1.14 bits per heavy atom. The van der Waals surface area contributed by atoms with Gasteiger partial charge in [-0.3, -0.25) is 0 Å². The van der Waals surface area contributed by atoms with Gasteiger partial charge in [0.2, 0.25) is 0 Å². The molecule has 3 heteroatoms. The van der Waals surface area contributed by atoms with Crippen LogP contribution in [0, 0.1) is 0 Å². The predicted octanol–water partition coefficient (Wildman–Crippen LogP) is 3.49. The van der Waals surface area contributed by atoms with Crippen molar-refractivity contribution >= 4 is 8.56 Å². The van der Waals surface area contributed by atoms with Gasteiger partial charge in [0.15, 0.2) is 0 Å². The summed E-state index contributed by atoms with van der Waals surface area (Å²) in [6.07, 6.45) is 7.01. The predicted molar refractivity (Wildman–Crippen MR) is 63.7 cm³/mol. The summed E-state index contributed by atoms with van der Waals surface area (Å²) in [5.41, 5.74) is 0. The van der Waals surface area contributed by atoms with Crippen LogP contribution < -0.4 is 0 Å². The molecule has 0 fully saturated rings. The molecule has 0 aliphatic heterocycles. The third kappa shape index (κ3) is 4.93. The van der Waals surface area contributed by atoms with E-state index in [0.29, 0.717) is 0 Å². The Kier molecular flexibility index (Phi) is 8.13. The Balaban J connectivity index is 3.87. The molecule has 2 nitrogen and oxygen atoms in total. The molecule has 0 atom stereocenters. The van der Waals surface area contributed by atoms with Gasteiger partial charge in [0.05, 0.1) is 0 Å². The number of hydrogen-bond acceptors (Lipinski definition) is 2. The molecule has 0 N–H and O–H groups in total. The average molecular weight is 216 g/mol. The highest BCUT2D eigenvalue weighted by atomic mass is 28.4. The highest BCUT2D eigenvalue weighted by Gasteiger charge is 2.32. The maximum Gasteiger partial charge on any atom is 0.341 e. The van der Waals surface area contributed by atoms with Crippen LogP contribution in [0.25, 0.3) is 0 Å². The molecule has 0 unspecified atom stereocenters. The van der Waals surface area contributed by atoms with E-state index in [1.807, 2.05) is 6.08 Å². The van der Waals surface area contributed by atoms with Gasteiger partial charge in [0, 0.05) is 20.3 Å². The van der Waals surface area contributed by atoms with E-state index in [1.165, 1.54) is 25.7 Å². The molecule has 0 saturated carbocycles. The van der Waals surface area contributed by atoms with Crippen molar-refractivity contribution in [3.63, 3.8) is 0 Å². The molecule has 0 saturated heterocycles. The van der Waals surface area contributed by atoms with Gasteiger partial charge >= 0.3 is 8.56 Å². The molecule has 0 aromatic carbocycles. The van der Waals surface area contributed by atoms with Gasteiger partial charge in [-0.2, -0.15) is 0 Å². The Bertz CT molecular complexity index is 144. The van der Waals surface area contributed by atoms with Gasteiger partial charge < -0.3 is 8.85 Å². The first-order valence-electron chi connectivity index (χ1n) is 5.46. The molecule has 0 spiro atoms. The molecular formula is C11H24O2Si. The smallest absolute Gasteiger partial charge is 0.341 e. The number of allylic oxidation sites excluding steroid dienone is 1. The Hall–Kier alpha value is -0.123. The van der Waals surface area contributed by atoms with Crippen molar-refractivity contribution in [2.24, 2.45) is 0 Å². The van der Waals surface area contributed by atoms with Crippen LogP contribution in [0.15, 0.2) is 12.7 Å². The second kappa shape index (κ2) is 8.21. The van der Waals surface area contributed by atoms with Crippen LogP contribution in [0.2, 0.25) is 12.1 Å². The molecule has 14 heavy (non-hydrogen) atoms. The molecule has 0 aliphatic carbocycles. The first-order chi connectivity index (χ1) is 6.74. The van der Waals surface area contributed by atoms with E-state index in [-0.39, 0.29) is 0 Å². The Labute approximate surface area is 89.6 Å². The maximum absolute atomic E-state index is 5.55. The summed E-state index contributed by atoms with van der Waals surface area (Å²) >= 11 is 0. The van der Waals surface area contributed by atoms with E-state index in [2.05, 4.69) is 13.5 Å². The number of hydrogen-bond donors (Lipinski definition) is 0. The van der Waals surface area contributed by atoms with Gasteiger partial charge in [0.1, 0.15) is 0 Å². The minimum Gasteiger partial charge on any atom is -0.397 e. The summed E-state index contributed by atoms with van der Waals surface area (Å²) in [5, 5.41) is 0. The minimum atomic E-state index is -1.91. The molecule has 0 aliphatic rings. The first-order valence-corrected chi connectivity index (χ1v) is 7.69. The standard InChI is InChI=1S/C11H24O2Si/c1-5-7-8-9-11-14(12-3,13-4)10-6-2/h6H,2,5,7-11H2,1,3-4H3. The average Bonchev–Trinajstić information content (AvgIpc) is 2.23. The molecule has 0 rings (SSSR count). The highest BCUT2D eigenvalue weighted by Crippen LogP contribution is 2.21. The second-order valence-corrected chi connectivity index (χ2v) is 7.17. The van der Waals surface area contributed by atoms with E-state index < -0.39 is 8.56 Å². The van der Waals surface area contributed by atoms with Crippen LogP contribution in [0.4, 0.5) is 0 Å². The number of unbranched alkanes of at least 4 members (excludes halogenated alkanes) is 3. The minimum absolute atomic E-state index is 0.895. The van der Waals surface area contributed by atoms with Crippen molar-refractivity contribution in [2.45, 2.75) is 44.7 Å². The zero-order chi connectivity index (χ0) is 10.9. The zero-order valence-corrected chi connectivity index (χ0v) is 10.8. The monoisotopic (exact) mass is 216 g/mol. The first kappa shape index (κ1) is 13.9. The van der Waals surface area contributed by atoms with Crippen LogP contribution in [0.5, 0.6) is 0 Å². The Morgan fingerprint density at radius 2 is 1.79 bits per heavy atom. The van der Waals surface area contributed by atoms with Gasteiger partial charge in [-0.1, -0.05) is 38.7 Å². The molecule has 0 heterocycles. The fourth-order valence-corrected chi connectivity index (χ4v) is 3.94. The summed E-state index contributed by atoms with van der Waals surface area (Å²) < 4.78 is 11.1. The fourth-order valence-electron chi connectivity index (χ4n) is 1.60. The van der Waals surface area contributed by atoms with Gasteiger partial charge in [-0.05, 0) is 6.04 Å². The van der Waals surface area contributed by atoms with Gasteiger partial charge in [-0.15, -0.1) is 6.58 Å². The molecule has 0 aromatic heterocycles. The lowest BCUT2D eigenvalue weighted by Crippen LogP contribution is -2.39. The largest absolute Gasteiger partial charge is 0.397 e. The van der Waals surface area contributed by atoms with Crippen LogP contribution >= 0.6 is 0 Å². The van der Waals surface area contributed by atoms with Gasteiger partial charge in [0.25, 0.3) is 0 Å². The normalized spacial score (nSPS) is 11.6. The summed E-state index contributed by atoms with van der Waals surface area (Å²) in [6.45, 7) is 5.98. The SMILES string of the molecule is C=CC[Si](CCCCCC)(OC)OC. The molecule has 0 amide bonds. The van der Waals surface area contributed by atoms with E-state index in [9.17, 15) is 0 Å². The van der Waals surface area contributed by atoms with Crippen molar-refractivity contribution in [3.8, 4) is 0 Å². The summed E-state index contributed by atoms with van der Waals surface area (Å²) in [5.74, 6) is 0. The lowest BCUT2D eigenvalue weighted by molar-refractivity contribution is 0.243. The van der Waals surface area contributed by atoms with Crippen LogP contribution in [-0.4, -0.2) is 22.8 Å². The van der Waals surface area contributed by atoms with E-state index in [4.69, 9.17) is 8.85 Å². The molecule has 84 valence electrons. The van der Waals surface area contributed by atoms with Crippen LogP contribution in [0.3, 0.4) is 0 Å². The lowest BCUT2D eigenvalue weighted by Gasteiger charge is -2.26. The van der Waals surface area contributed by atoms with Gasteiger partial charge in [-0.25, -0.2) is 0 Å². The van der Waals surface area contributed by atoms with Crippen molar-refractivity contribution in [2.75, 3.05) is 14.2 Å². The van der Waals surface area contributed by atoms with Crippen molar-refractivity contribution in [3.05, 3.63) is 12.7 Å². The summed E-state index contributed by atoms with van der Waals surface area (Å²) in [4.78, 5) is 0. The van der Waals surface area contributed by atoms with E-state index in [0.717, 1.165) is 12.1 Å². The molecule has 0 radical (unpaired) electrons. The van der Waals surface area contributed by atoms with Crippen molar-refractivity contribution in [1.29, 1.82) is 0 Å². The fraction of sp³-hybridized carbons (Fsp3) is 0.818. The topological polar surface area (TPSA) is 18.5 Å².